The number of hydrogen-bond acceptors (Lipinski definition) is 3. The molecule has 1 fully saturated rings. The number of aromatic nitrogens is 1. The number of para-hydroxylation sites is 2. The topological polar surface area (TPSA) is 25.4 Å². The van der Waals surface area contributed by atoms with E-state index in [4.69, 9.17) is 21.4 Å². The second-order valence-corrected chi connectivity index (χ2v) is 7.43. The van der Waals surface area contributed by atoms with Crippen LogP contribution in [0.4, 0.5) is 5.69 Å². The molecule has 0 bridgehead atoms. The van der Waals surface area contributed by atoms with Crippen molar-refractivity contribution in [3.05, 3.63) is 107 Å². The summed E-state index contributed by atoms with van der Waals surface area (Å²) in [6.07, 6.45) is 0. The summed E-state index contributed by atoms with van der Waals surface area (Å²) in [5.41, 5.74) is 4.24. The maximum atomic E-state index is 6.18. The summed E-state index contributed by atoms with van der Waals surface area (Å²) < 4.78 is 0. The molecule has 1 aliphatic rings. The predicted molar refractivity (Wildman–Crippen MR) is 114 cm³/mol. The molecule has 2 atom stereocenters. The highest BCUT2D eigenvalue weighted by molar-refractivity contribution is 6.30. The van der Waals surface area contributed by atoms with Crippen LogP contribution in [0.1, 0.15) is 23.2 Å². The fourth-order valence-corrected chi connectivity index (χ4v) is 3.99. The number of anilines is 1. The first kappa shape index (κ1) is 17.2. The first-order valence-corrected chi connectivity index (χ1v) is 9.76. The average Bonchev–Trinajstić information content (AvgIpc) is 3.20. The summed E-state index contributed by atoms with van der Waals surface area (Å²) in [6.45, 7) is 0.577. The highest BCUT2D eigenvalue weighted by atomic mass is 35.5. The number of halogens is 1. The Morgan fingerprint density at radius 2 is 1.57 bits per heavy atom. The van der Waals surface area contributed by atoms with Gasteiger partial charge in [0.2, 0.25) is 0 Å². The van der Waals surface area contributed by atoms with Crippen LogP contribution in [0.15, 0.2) is 91.0 Å². The lowest BCUT2D eigenvalue weighted by molar-refractivity contribution is 0.157. The summed E-state index contributed by atoms with van der Waals surface area (Å²) in [6, 6.07) is 30.7. The Morgan fingerprint density at radius 1 is 0.821 bits per heavy atom. The Bertz CT molecular complexity index is 1100. The van der Waals surface area contributed by atoms with Gasteiger partial charge in [-0.2, -0.15) is 0 Å². The van der Waals surface area contributed by atoms with E-state index in [0.717, 1.165) is 32.9 Å². The maximum absolute atomic E-state index is 6.18. The molecule has 0 N–H and O–H groups in total. The molecule has 0 aliphatic carbocycles. The lowest BCUT2D eigenvalue weighted by atomic mass is 9.90. The van der Waals surface area contributed by atoms with E-state index in [2.05, 4.69) is 48.5 Å². The van der Waals surface area contributed by atoms with E-state index in [-0.39, 0.29) is 12.0 Å². The van der Waals surface area contributed by atoms with Crippen LogP contribution < -0.4 is 5.06 Å². The lowest BCUT2D eigenvalue weighted by Crippen LogP contribution is -2.23. The highest BCUT2D eigenvalue weighted by Gasteiger charge is 2.39. The summed E-state index contributed by atoms with van der Waals surface area (Å²) in [7, 11) is 0. The minimum Gasteiger partial charge on any atom is -0.272 e. The van der Waals surface area contributed by atoms with Gasteiger partial charge < -0.3 is 0 Å². The number of benzene rings is 3. The number of hydroxylamine groups is 1. The third-order valence-electron chi connectivity index (χ3n) is 5.25. The Hall–Kier alpha value is -2.88. The fourth-order valence-electron chi connectivity index (χ4n) is 3.87. The molecular weight excluding hydrogens is 368 g/mol. The van der Waals surface area contributed by atoms with Crippen LogP contribution in [0.2, 0.25) is 5.02 Å². The smallest absolute Gasteiger partial charge is 0.0922 e. The van der Waals surface area contributed by atoms with Gasteiger partial charge in [0.1, 0.15) is 0 Å². The van der Waals surface area contributed by atoms with Gasteiger partial charge in [0, 0.05) is 16.1 Å². The average molecular weight is 387 g/mol. The fraction of sp³-hybridized carbons (Fsp3) is 0.125. The van der Waals surface area contributed by atoms with E-state index in [1.807, 2.05) is 47.5 Å². The molecule has 4 aromatic rings. The van der Waals surface area contributed by atoms with Crippen LogP contribution in [0.3, 0.4) is 0 Å². The third-order valence-corrected chi connectivity index (χ3v) is 5.50. The molecule has 28 heavy (non-hydrogen) atoms. The van der Waals surface area contributed by atoms with E-state index in [9.17, 15) is 0 Å². The maximum Gasteiger partial charge on any atom is 0.0922 e. The summed E-state index contributed by atoms with van der Waals surface area (Å²) in [5.74, 6) is 0.117. The van der Waals surface area contributed by atoms with Gasteiger partial charge in [-0.05, 0) is 42.0 Å². The van der Waals surface area contributed by atoms with Crippen LogP contribution in [0.25, 0.3) is 10.9 Å². The van der Waals surface area contributed by atoms with Crippen molar-refractivity contribution in [1.29, 1.82) is 0 Å². The molecular formula is C24H19ClN2O. The summed E-state index contributed by atoms with van der Waals surface area (Å²) in [5, 5.41) is 3.88. The molecule has 0 saturated carbocycles. The molecule has 1 saturated heterocycles. The molecule has 0 spiro atoms. The monoisotopic (exact) mass is 386 g/mol. The van der Waals surface area contributed by atoms with E-state index >= 15 is 0 Å². The van der Waals surface area contributed by atoms with Crippen molar-refractivity contribution in [2.75, 3.05) is 11.7 Å². The molecule has 5 rings (SSSR count). The zero-order valence-corrected chi connectivity index (χ0v) is 16.0. The van der Waals surface area contributed by atoms with Gasteiger partial charge in [0.25, 0.3) is 0 Å². The van der Waals surface area contributed by atoms with E-state index < -0.39 is 0 Å². The largest absolute Gasteiger partial charge is 0.272 e. The van der Waals surface area contributed by atoms with Gasteiger partial charge in [-0.1, -0.05) is 66.2 Å². The van der Waals surface area contributed by atoms with Crippen molar-refractivity contribution in [2.45, 2.75) is 12.0 Å². The van der Waals surface area contributed by atoms with Crippen molar-refractivity contribution in [3.63, 3.8) is 0 Å². The first-order chi connectivity index (χ1) is 13.8. The van der Waals surface area contributed by atoms with Crippen molar-refractivity contribution in [3.8, 4) is 0 Å². The Morgan fingerprint density at radius 3 is 2.39 bits per heavy atom. The van der Waals surface area contributed by atoms with Crippen molar-refractivity contribution in [1.82, 2.24) is 4.98 Å². The molecule has 1 aromatic heterocycles. The molecule has 0 amide bonds. The predicted octanol–water partition coefficient (Wildman–Crippen LogP) is 6.16. The van der Waals surface area contributed by atoms with Gasteiger partial charge >= 0.3 is 0 Å². The molecule has 3 aromatic carbocycles. The first-order valence-electron chi connectivity index (χ1n) is 9.38. The molecule has 0 radical (unpaired) electrons. The Kier molecular flexibility index (Phi) is 4.47. The number of pyridine rings is 1. The van der Waals surface area contributed by atoms with Crippen molar-refractivity contribution >= 4 is 28.2 Å². The Balaban J connectivity index is 1.60. The van der Waals surface area contributed by atoms with Crippen molar-refractivity contribution in [2.24, 2.45) is 0 Å². The molecule has 138 valence electrons. The number of hydrogen-bond donors (Lipinski definition) is 0. The summed E-state index contributed by atoms with van der Waals surface area (Å²) in [4.78, 5) is 11.1. The van der Waals surface area contributed by atoms with Gasteiger partial charge in [-0.3, -0.25) is 9.82 Å². The number of fused-ring (bicyclic) bond motifs is 1. The number of nitrogens with zero attached hydrogens (tertiary/aromatic N) is 2. The Labute approximate surface area is 169 Å². The zero-order valence-electron chi connectivity index (χ0n) is 15.2. The van der Waals surface area contributed by atoms with Gasteiger partial charge in [0.15, 0.2) is 0 Å². The molecule has 0 unspecified atom stereocenters. The minimum absolute atomic E-state index is 0.0216. The minimum atomic E-state index is 0.0216. The molecule has 1 aliphatic heterocycles. The van der Waals surface area contributed by atoms with Crippen molar-refractivity contribution < 1.29 is 4.84 Å². The third kappa shape index (κ3) is 3.13. The van der Waals surface area contributed by atoms with E-state index in [1.165, 1.54) is 0 Å². The van der Waals surface area contributed by atoms with Crippen LogP contribution in [0, 0.1) is 0 Å². The second-order valence-electron chi connectivity index (χ2n) is 6.99. The molecule has 4 heteroatoms. The molecule has 2 heterocycles. The normalized spacial score (nSPS) is 19.2. The number of rotatable bonds is 3. The lowest BCUT2D eigenvalue weighted by Gasteiger charge is -2.27. The second kappa shape index (κ2) is 7.27. The van der Waals surface area contributed by atoms with Crippen LogP contribution >= 0.6 is 11.6 Å². The van der Waals surface area contributed by atoms with Gasteiger partial charge in [0.05, 0.1) is 29.8 Å². The highest BCUT2D eigenvalue weighted by Crippen LogP contribution is 2.44. The standard InChI is InChI=1S/C24H19ClN2O/c25-19-13-10-18(11-14-19)24-21(16-28-27(24)20-7-2-1-3-8-20)23-15-12-17-6-4-5-9-22(17)26-23/h1-15,21,24H,16H2/t21-,24+/m1/s1. The molecule has 3 nitrogen and oxygen atoms in total. The van der Waals surface area contributed by atoms with Crippen LogP contribution in [-0.2, 0) is 4.84 Å². The summed E-state index contributed by atoms with van der Waals surface area (Å²) >= 11 is 6.13. The van der Waals surface area contributed by atoms with E-state index in [0.29, 0.717) is 6.61 Å². The van der Waals surface area contributed by atoms with Crippen LogP contribution in [-0.4, -0.2) is 11.6 Å². The SMILES string of the molecule is Clc1ccc([C@H]2[C@@H](c3ccc4ccccc4n3)CON2c2ccccc2)cc1. The zero-order chi connectivity index (χ0) is 18.9. The van der Waals surface area contributed by atoms with Gasteiger partial charge in [-0.25, -0.2) is 5.06 Å². The quantitative estimate of drug-likeness (QED) is 0.421. The van der Waals surface area contributed by atoms with Crippen LogP contribution in [0.5, 0.6) is 0 Å². The van der Waals surface area contributed by atoms with Gasteiger partial charge in [-0.15, -0.1) is 0 Å². The van der Waals surface area contributed by atoms with E-state index in [1.54, 1.807) is 0 Å².